The number of carbonyl (C=O) groups excluding carboxylic acids is 1. The van der Waals surface area contributed by atoms with Gasteiger partial charge in [0.1, 0.15) is 18.0 Å². The van der Waals surface area contributed by atoms with Crippen LogP contribution in [0.1, 0.15) is 31.2 Å². The van der Waals surface area contributed by atoms with Crippen LogP contribution in [0.2, 0.25) is 0 Å². The molecule has 2 aliphatic rings. The molecule has 0 aromatic carbocycles. The summed E-state index contributed by atoms with van der Waals surface area (Å²) in [7, 11) is 1.85. The lowest BCUT2D eigenvalue weighted by molar-refractivity contribution is -0.129. The van der Waals surface area contributed by atoms with Crippen molar-refractivity contribution in [2.75, 3.05) is 49.6 Å². The zero-order valence-corrected chi connectivity index (χ0v) is 16.1. The van der Waals surface area contributed by atoms with Crippen molar-refractivity contribution in [3.05, 3.63) is 30.4 Å². The fourth-order valence-corrected chi connectivity index (χ4v) is 3.84. The van der Waals surface area contributed by atoms with Crippen molar-refractivity contribution in [1.82, 2.24) is 24.6 Å². The number of likely N-dealkylation sites (N-methyl/N-ethyl adjacent to an activating group) is 1. The summed E-state index contributed by atoms with van der Waals surface area (Å²) in [5.74, 6) is 2.50. The van der Waals surface area contributed by atoms with Crippen molar-refractivity contribution in [2.45, 2.75) is 32.2 Å². The Hall–Kier alpha value is -2.64. The summed E-state index contributed by atoms with van der Waals surface area (Å²) in [4.78, 5) is 27.0. The minimum absolute atomic E-state index is 0.134. The molecule has 1 amide bonds. The lowest BCUT2D eigenvalue weighted by Gasteiger charge is -2.34. The predicted octanol–water partition coefficient (Wildman–Crippen LogP) is 1.36. The van der Waals surface area contributed by atoms with Crippen LogP contribution in [0.25, 0.3) is 0 Å². The Labute approximate surface area is 159 Å². The largest absolute Gasteiger partial charge is 0.356 e. The number of piperidine rings is 1. The van der Waals surface area contributed by atoms with E-state index in [1.807, 2.05) is 28.9 Å². The average molecular weight is 369 g/mol. The molecule has 0 radical (unpaired) electrons. The number of amides is 1. The van der Waals surface area contributed by atoms with E-state index in [4.69, 9.17) is 0 Å². The van der Waals surface area contributed by atoms with Gasteiger partial charge in [-0.05, 0) is 31.2 Å². The summed E-state index contributed by atoms with van der Waals surface area (Å²) in [6, 6.07) is 2.02. The van der Waals surface area contributed by atoms with Gasteiger partial charge in [-0.2, -0.15) is 5.10 Å². The third kappa shape index (κ3) is 3.74. The van der Waals surface area contributed by atoms with Crippen LogP contribution in [0.5, 0.6) is 0 Å². The van der Waals surface area contributed by atoms with E-state index in [1.54, 1.807) is 11.2 Å². The highest BCUT2D eigenvalue weighted by Gasteiger charge is 2.25. The van der Waals surface area contributed by atoms with Gasteiger partial charge in [0.2, 0.25) is 5.91 Å². The van der Waals surface area contributed by atoms with Crippen LogP contribution in [0.15, 0.2) is 24.8 Å². The number of aromatic nitrogens is 4. The van der Waals surface area contributed by atoms with Crippen molar-refractivity contribution in [2.24, 2.45) is 0 Å². The molecule has 2 fully saturated rings. The number of hydrogen-bond donors (Lipinski definition) is 0. The Bertz CT molecular complexity index is 797. The Morgan fingerprint density at radius 2 is 1.81 bits per heavy atom. The molecule has 2 saturated heterocycles. The molecule has 8 heteroatoms. The summed E-state index contributed by atoms with van der Waals surface area (Å²) in [6.45, 7) is 6.89. The lowest BCUT2D eigenvalue weighted by atomic mass is 9.91. The molecule has 8 nitrogen and oxygen atoms in total. The maximum absolute atomic E-state index is 12.0. The van der Waals surface area contributed by atoms with Gasteiger partial charge in [-0.15, -0.1) is 0 Å². The van der Waals surface area contributed by atoms with E-state index in [2.05, 4.69) is 33.1 Å². The first kappa shape index (κ1) is 17.8. The predicted molar refractivity (Wildman–Crippen MR) is 104 cm³/mol. The third-order valence-corrected chi connectivity index (χ3v) is 5.69. The molecule has 0 atom stereocenters. The molecule has 2 aromatic heterocycles. The SMILES string of the molecule is CCn1cc(C2CCN(c3cc(N4CCN(C)C(=O)C4)ncn3)CC2)cn1. The lowest BCUT2D eigenvalue weighted by Crippen LogP contribution is -2.48. The van der Waals surface area contributed by atoms with E-state index in [9.17, 15) is 4.79 Å². The molecular weight excluding hydrogens is 342 g/mol. The zero-order chi connectivity index (χ0) is 18.8. The highest BCUT2D eigenvalue weighted by molar-refractivity contribution is 5.82. The summed E-state index contributed by atoms with van der Waals surface area (Å²) < 4.78 is 2.00. The third-order valence-electron chi connectivity index (χ3n) is 5.69. The van der Waals surface area contributed by atoms with Crippen LogP contribution in [0, 0.1) is 0 Å². The van der Waals surface area contributed by atoms with Gasteiger partial charge in [0.25, 0.3) is 0 Å². The van der Waals surface area contributed by atoms with Crippen molar-refractivity contribution in [3.63, 3.8) is 0 Å². The van der Waals surface area contributed by atoms with Gasteiger partial charge in [-0.25, -0.2) is 9.97 Å². The smallest absolute Gasteiger partial charge is 0.241 e. The van der Waals surface area contributed by atoms with Crippen molar-refractivity contribution in [3.8, 4) is 0 Å². The number of rotatable bonds is 4. The highest BCUT2D eigenvalue weighted by Crippen LogP contribution is 2.30. The molecule has 0 bridgehead atoms. The monoisotopic (exact) mass is 369 g/mol. The fourth-order valence-electron chi connectivity index (χ4n) is 3.84. The molecule has 144 valence electrons. The van der Waals surface area contributed by atoms with Crippen LogP contribution in [-0.2, 0) is 11.3 Å². The van der Waals surface area contributed by atoms with Gasteiger partial charge in [0.05, 0.1) is 12.7 Å². The van der Waals surface area contributed by atoms with Crippen molar-refractivity contribution < 1.29 is 4.79 Å². The van der Waals surface area contributed by atoms with E-state index in [0.29, 0.717) is 12.5 Å². The van der Waals surface area contributed by atoms with Crippen LogP contribution >= 0.6 is 0 Å². The molecule has 2 aromatic rings. The second-order valence-corrected chi connectivity index (χ2v) is 7.36. The van der Waals surface area contributed by atoms with Crippen LogP contribution < -0.4 is 9.80 Å². The molecule has 0 N–H and O–H groups in total. The fraction of sp³-hybridized carbons (Fsp3) is 0.579. The number of anilines is 2. The minimum Gasteiger partial charge on any atom is -0.356 e. The number of nitrogens with zero attached hydrogens (tertiary/aromatic N) is 7. The van der Waals surface area contributed by atoms with Gasteiger partial charge < -0.3 is 14.7 Å². The standard InChI is InChI=1S/C19H27N7O/c1-3-26-12-16(11-22-26)15-4-6-24(7-5-15)17-10-18(21-14-20-17)25-9-8-23(2)19(27)13-25/h10-12,14-15H,3-9,13H2,1-2H3. The second-order valence-electron chi connectivity index (χ2n) is 7.36. The minimum atomic E-state index is 0.134. The Morgan fingerprint density at radius 3 is 2.48 bits per heavy atom. The number of carbonyl (C=O) groups is 1. The summed E-state index contributed by atoms with van der Waals surface area (Å²) in [5.41, 5.74) is 1.34. The summed E-state index contributed by atoms with van der Waals surface area (Å²) in [6.07, 6.45) is 8.00. The maximum atomic E-state index is 12.0. The molecular formula is C19H27N7O. The van der Waals surface area contributed by atoms with Crippen molar-refractivity contribution in [1.29, 1.82) is 0 Å². The van der Waals surface area contributed by atoms with Gasteiger partial charge in [0, 0.05) is 52.0 Å². The van der Waals surface area contributed by atoms with E-state index in [-0.39, 0.29) is 5.91 Å². The molecule has 0 saturated carbocycles. The Balaban J connectivity index is 1.40. The first-order chi connectivity index (χ1) is 13.1. The number of aryl methyl sites for hydroxylation is 1. The molecule has 2 aliphatic heterocycles. The topological polar surface area (TPSA) is 70.4 Å². The average Bonchev–Trinajstić information content (AvgIpc) is 3.20. The van der Waals surface area contributed by atoms with E-state index < -0.39 is 0 Å². The van der Waals surface area contributed by atoms with Gasteiger partial charge in [0.15, 0.2) is 0 Å². The number of hydrogen-bond acceptors (Lipinski definition) is 6. The molecule has 4 heterocycles. The zero-order valence-electron chi connectivity index (χ0n) is 16.1. The first-order valence-corrected chi connectivity index (χ1v) is 9.72. The van der Waals surface area contributed by atoms with Crippen LogP contribution in [0.4, 0.5) is 11.6 Å². The second kappa shape index (κ2) is 7.54. The molecule has 0 unspecified atom stereocenters. The normalized spacial score (nSPS) is 19.0. The quantitative estimate of drug-likeness (QED) is 0.810. The van der Waals surface area contributed by atoms with Gasteiger partial charge in [-0.1, -0.05) is 0 Å². The van der Waals surface area contributed by atoms with E-state index in [1.165, 1.54) is 5.56 Å². The summed E-state index contributed by atoms with van der Waals surface area (Å²) >= 11 is 0. The molecule has 0 spiro atoms. The van der Waals surface area contributed by atoms with E-state index in [0.717, 1.165) is 57.2 Å². The molecule has 27 heavy (non-hydrogen) atoms. The number of piperazine rings is 1. The van der Waals surface area contributed by atoms with Gasteiger partial charge >= 0.3 is 0 Å². The Kier molecular flexibility index (Phi) is 4.96. The summed E-state index contributed by atoms with van der Waals surface area (Å²) in [5, 5.41) is 4.41. The maximum Gasteiger partial charge on any atom is 0.241 e. The van der Waals surface area contributed by atoms with Crippen molar-refractivity contribution >= 4 is 17.5 Å². The van der Waals surface area contributed by atoms with E-state index >= 15 is 0 Å². The highest BCUT2D eigenvalue weighted by atomic mass is 16.2. The molecule has 4 rings (SSSR count). The molecule has 0 aliphatic carbocycles. The first-order valence-electron chi connectivity index (χ1n) is 9.72. The Morgan fingerprint density at radius 1 is 1.07 bits per heavy atom. The van der Waals surface area contributed by atoms with Crippen LogP contribution in [0.3, 0.4) is 0 Å². The van der Waals surface area contributed by atoms with Crippen LogP contribution in [-0.4, -0.2) is 70.3 Å². The van der Waals surface area contributed by atoms with Gasteiger partial charge in [-0.3, -0.25) is 9.48 Å².